The number of hydrogen-bond donors (Lipinski definition) is 3. The molecule has 150 valence electrons. The maximum atomic E-state index is 14.4. The summed E-state index contributed by atoms with van der Waals surface area (Å²) < 4.78 is 14.4. The normalized spacial score (nSPS) is 18.6. The molecule has 1 fully saturated rings. The molecule has 4 rings (SSSR count). The first kappa shape index (κ1) is 19.4. The molecule has 0 aromatic heterocycles. The van der Waals surface area contributed by atoms with E-state index < -0.39 is 11.9 Å². The zero-order chi connectivity index (χ0) is 20.5. The lowest BCUT2D eigenvalue weighted by Gasteiger charge is -2.29. The second-order valence-corrected chi connectivity index (χ2v) is 7.61. The maximum absolute atomic E-state index is 14.4. The Balaban J connectivity index is 1.54. The predicted octanol–water partition coefficient (Wildman–Crippen LogP) is 2.16. The quantitative estimate of drug-likeness (QED) is 0.512. The van der Waals surface area contributed by atoms with Crippen molar-refractivity contribution in [2.45, 2.75) is 36.9 Å². The third kappa shape index (κ3) is 3.58. The monoisotopic (exact) mass is 414 g/mol. The van der Waals surface area contributed by atoms with Gasteiger partial charge in [-0.05, 0) is 36.6 Å². The number of rotatable bonds is 5. The second-order valence-electron chi connectivity index (χ2n) is 6.93. The van der Waals surface area contributed by atoms with Crippen LogP contribution in [0.3, 0.4) is 0 Å². The van der Waals surface area contributed by atoms with Crippen LogP contribution in [0.4, 0.5) is 10.1 Å². The van der Waals surface area contributed by atoms with Gasteiger partial charge in [0, 0.05) is 41.9 Å². The number of benzene rings is 2. The number of nitrogens with zero attached hydrogens (tertiary/aromatic N) is 1. The first-order chi connectivity index (χ1) is 14.0. The number of amides is 3. The average molecular weight is 414 g/mol. The zero-order valence-corrected chi connectivity index (χ0v) is 16.2. The van der Waals surface area contributed by atoms with Crippen LogP contribution in [0, 0.1) is 5.82 Å². The molecule has 0 spiro atoms. The van der Waals surface area contributed by atoms with Gasteiger partial charge < -0.3 is 10.2 Å². The SMILES string of the molecule is NSc1cccc(CNc2cccc3c2CN(C2CCC(=O)NC2=O)C3=O)c1F. The summed E-state index contributed by atoms with van der Waals surface area (Å²) in [6, 6.07) is 9.62. The van der Waals surface area contributed by atoms with Gasteiger partial charge in [0.15, 0.2) is 0 Å². The number of imide groups is 1. The van der Waals surface area contributed by atoms with Gasteiger partial charge in [0.25, 0.3) is 5.91 Å². The number of piperidine rings is 1. The van der Waals surface area contributed by atoms with E-state index in [1.807, 2.05) is 6.07 Å². The standard InChI is InChI=1S/C20H19FN4O3S/c21-18-11(3-1-6-16(18)29-22)9-23-14-5-2-4-12-13(14)10-25(20(12)28)15-7-8-17(26)24-19(15)27/h1-6,15,23H,7-10,22H2,(H,24,26,27). The van der Waals surface area contributed by atoms with Gasteiger partial charge in [0.2, 0.25) is 11.8 Å². The molecule has 2 aliphatic heterocycles. The van der Waals surface area contributed by atoms with Crippen LogP contribution in [0.5, 0.6) is 0 Å². The Kier molecular flexibility index (Phi) is 5.25. The molecule has 0 bridgehead atoms. The summed E-state index contributed by atoms with van der Waals surface area (Å²) in [7, 11) is 0. The summed E-state index contributed by atoms with van der Waals surface area (Å²) in [4.78, 5) is 38.3. The van der Waals surface area contributed by atoms with Crippen LogP contribution < -0.4 is 15.8 Å². The van der Waals surface area contributed by atoms with Crippen LogP contribution >= 0.6 is 11.9 Å². The fourth-order valence-corrected chi connectivity index (χ4v) is 4.12. The molecule has 3 amide bonds. The highest BCUT2D eigenvalue weighted by molar-refractivity contribution is 7.97. The highest BCUT2D eigenvalue weighted by atomic mass is 32.2. The van der Waals surface area contributed by atoms with Gasteiger partial charge in [0.1, 0.15) is 11.9 Å². The van der Waals surface area contributed by atoms with Crippen LogP contribution in [0.25, 0.3) is 0 Å². The third-order valence-corrected chi connectivity index (χ3v) is 5.79. The van der Waals surface area contributed by atoms with Crippen molar-refractivity contribution < 1.29 is 18.8 Å². The Morgan fingerprint density at radius 1 is 1.21 bits per heavy atom. The average Bonchev–Trinajstić information content (AvgIpc) is 3.04. The summed E-state index contributed by atoms with van der Waals surface area (Å²) in [5.74, 6) is -1.39. The van der Waals surface area contributed by atoms with Crippen LogP contribution in [0.15, 0.2) is 41.3 Å². The molecule has 2 aromatic rings. The van der Waals surface area contributed by atoms with Crippen molar-refractivity contribution in [3.8, 4) is 0 Å². The van der Waals surface area contributed by atoms with Crippen molar-refractivity contribution in [2.24, 2.45) is 5.14 Å². The van der Waals surface area contributed by atoms with E-state index in [4.69, 9.17) is 5.14 Å². The molecule has 1 unspecified atom stereocenters. The number of nitrogens with one attached hydrogen (secondary N) is 2. The molecular weight excluding hydrogens is 395 g/mol. The van der Waals surface area contributed by atoms with Crippen molar-refractivity contribution in [2.75, 3.05) is 5.32 Å². The van der Waals surface area contributed by atoms with E-state index >= 15 is 0 Å². The van der Waals surface area contributed by atoms with Crippen molar-refractivity contribution in [3.05, 3.63) is 58.9 Å². The second kappa shape index (κ2) is 7.84. The number of anilines is 1. The fourth-order valence-electron chi connectivity index (χ4n) is 3.73. The van der Waals surface area contributed by atoms with Gasteiger partial charge in [-0.3, -0.25) is 24.8 Å². The Labute approximate surface area is 171 Å². The minimum Gasteiger partial charge on any atom is -0.381 e. The molecule has 1 saturated heterocycles. The van der Waals surface area contributed by atoms with Gasteiger partial charge in [-0.2, -0.15) is 0 Å². The van der Waals surface area contributed by atoms with Crippen LogP contribution in [-0.2, 0) is 22.7 Å². The highest BCUT2D eigenvalue weighted by Gasteiger charge is 2.39. The van der Waals surface area contributed by atoms with Crippen LogP contribution in [0.1, 0.15) is 34.3 Å². The number of halogens is 1. The van der Waals surface area contributed by atoms with E-state index in [2.05, 4.69) is 10.6 Å². The number of carbonyl (C=O) groups is 3. The topological polar surface area (TPSA) is 105 Å². The summed E-state index contributed by atoms with van der Waals surface area (Å²) in [5.41, 5.74) is 2.43. The summed E-state index contributed by atoms with van der Waals surface area (Å²) in [6.07, 6.45) is 0.512. The number of carbonyl (C=O) groups excluding carboxylic acids is 3. The van der Waals surface area contributed by atoms with E-state index in [-0.39, 0.29) is 37.1 Å². The van der Waals surface area contributed by atoms with E-state index in [0.29, 0.717) is 28.1 Å². The largest absolute Gasteiger partial charge is 0.381 e. The smallest absolute Gasteiger partial charge is 0.255 e. The summed E-state index contributed by atoms with van der Waals surface area (Å²) >= 11 is 0.852. The van der Waals surface area contributed by atoms with E-state index in [1.54, 1.807) is 30.3 Å². The third-order valence-electron chi connectivity index (χ3n) is 5.22. The molecule has 0 radical (unpaired) electrons. The van der Waals surface area contributed by atoms with Gasteiger partial charge in [0.05, 0.1) is 4.90 Å². The minimum absolute atomic E-state index is 0.205. The van der Waals surface area contributed by atoms with E-state index in [0.717, 1.165) is 17.5 Å². The van der Waals surface area contributed by atoms with Gasteiger partial charge in [-0.15, -0.1) is 0 Å². The Hall–Kier alpha value is -2.91. The van der Waals surface area contributed by atoms with Crippen LogP contribution in [0.2, 0.25) is 0 Å². The maximum Gasteiger partial charge on any atom is 0.255 e. The minimum atomic E-state index is -0.670. The van der Waals surface area contributed by atoms with Crippen LogP contribution in [-0.4, -0.2) is 28.7 Å². The first-order valence-corrected chi connectivity index (χ1v) is 10.0. The molecule has 9 heteroatoms. The predicted molar refractivity (Wildman–Crippen MR) is 106 cm³/mol. The van der Waals surface area contributed by atoms with Gasteiger partial charge >= 0.3 is 0 Å². The lowest BCUT2D eigenvalue weighted by atomic mass is 10.0. The Morgan fingerprint density at radius 3 is 2.76 bits per heavy atom. The number of fused-ring (bicyclic) bond motifs is 1. The van der Waals surface area contributed by atoms with Crippen molar-refractivity contribution in [1.29, 1.82) is 0 Å². The van der Waals surface area contributed by atoms with Gasteiger partial charge in [-0.25, -0.2) is 4.39 Å². The van der Waals surface area contributed by atoms with Gasteiger partial charge in [-0.1, -0.05) is 18.2 Å². The highest BCUT2D eigenvalue weighted by Crippen LogP contribution is 2.32. The molecule has 0 aliphatic carbocycles. The van der Waals surface area contributed by atoms with Crippen molar-refractivity contribution in [1.82, 2.24) is 10.2 Å². The molecule has 0 saturated carbocycles. The Bertz CT molecular complexity index is 1010. The number of hydrogen-bond acceptors (Lipinski definition) is 6. The van der Waals surface area contributed by atoms with Crippen molar-refractivity contribution in [3.63, 3.8) is 0 Å². The summed E-state index contributed by atoms with van der Waals surface area (Å²) in [5, 5.41) is 11.0. The van der Waals surface area contributed by atoms with E-state index in [1.165, 1.54) is 4.90 Å². The fraction of sp³-hybridized carbons (Fsp3) is 0.250. The zero-order valence-electron chi connectivity index (χ0n) is 15.4. The lowest BCUT2D eigenvalue weighted by molar-refractivity contribution is -0.136. The molecule has 2 aromatic carbocycles. The van der Waals surface area contributed by atoms with Crippen molar-refractivity contribution >= 4 is 35.4 Å². The molecule has 7 nitrogen and oxygen atoms in total. The molecule has 4 N–H and O–H groups in total. The first-order valence-electron chi connectivity index (χ1n) is 9.14. The molecule has 1 atom stereocenters. The number of nitrogens with two attached hydrogens (primary N) is 1. The molecule has 29 heavy (non-hydrogen) atoms. The molecule has 2 aliphatic rings. The molecular formula is C20H19FN4O3S. The summed E-state index contributed by atoms with van der Waals surface area (Å²) in [6.45, 7) is 0.480. The Morgan fingerprint density at radius 2 is 2.00 bits per heavy atom. The van der Waals surface area contributed by atoms with E-state index in [9.17, 15) is 18.8 Å². The molecule has 2 heterocycles. The lowest BCUT2D eigenvalue weighted by Crippen LogP contribution is -2.52.